The van der Waals surface area contributed by atoms with Gasteiger partial charge in [-0.05, 0) is 49.6 Å². The van der Waals surface area contributed by atoms with Crippen LogP contribution in [-0.2, 0) is 19.9 Å². The molecule has 2 aromatic carbocycles. The first-order valence-corrected chi connectivity index (χ1v) is 10.6. The Hall–Kier alpha value is -2.83. The number of rotatable bonds is 3. The number of carbonyl (C=O) groups excluding carboxylic acids is 3. The SMILES string of the molecule is Cc1ccc(Cl)cc1N1C(=O)C(O)=C(C(=O)C2(C)CC2)C12C(=O)Nc1cc(Cl)ccc12. The van der Waals surface area contributed by atoms with Crippen LogP contribution >= 0.6 is 23.2 Å². The number of amides is 2. The molecule has 5 rings (SSSR count). The number of fused-ring (bicyclic) bond motifs is 2. The van der Waals surface area contributed by atoms with Gasteiger partial charge in [0.05, 0.1) is 11.3 Å². The standard InChI is InChI=1S/C23H18Cl2N2O4/c1-11-3-4-13(25)10-16(11)27-20(30)18(28)17(19(29)22(2)7-8-22)23(27)14-6-5-12(24)9-15(14)26-21(23)31/h3-6,9-10,28H,7-8H2,1-2H3,(H,26,31). The van der Waals surface area contributed by atoms with E-state index in [-0.39, 0.29) is 5.57 Å². The molecule has 8 heteroatoms. The molecule has 2 amide bonds. The normalized spacial score (nSPS) is 23.4. The summed E-state index contributed by atoms with van der Waals surface area (Å²) in [6.45, 7) is 3.54. The number of nitrogens with zero attached hydrogens (tertiary/aromatic N) is 1. The molecule has 0 radical (unpaired) electrons. The van der Waals surface area contributed by atoms with Crippen LogP contribution in [0.4, 0.5) is 11.4 Å². The smallest absolute Gasteiger partial charge is 0.295 e. The van der Waals surface area contributed by atoms with Gasteiger partial charge >= 0.3 is 0 Å². The monoisotopic (exact) mass is 456 g/mol. The zero-order chi connectivity index (χ0) is 22.3. The molecule has 1 atom stereocenters. The van der Waals surface area contributed by atoms with E-state index in [1.165, 1.54) is 4.90 Å². The quantitative estimate of drug-likeness (QED) is 0.701. The molecule has 0 saturated heterocycles. The van der Waals surface area contributed by atoms with Gasteiger partial charge in [-0.15, -0.1) is 0 Å². The molecule has 31 heavy (non-hydrogen) atoms. The highest BCUT2D eigenvalue weighted by Crippen LogP contribution is 2.57. The molecule has 1 saturated carbocycles. The number of carbonyl (C=O) groups is 3. The predicted molar refractivity (Wildman–Crippen MR) is 117 cm³/mol. The average molecular weight is 457 g/mol. The number of halogens is 2. The van der Waals surface area contributed by atoms with Crippen LogP contribution in [0.25, 0.3) is 0 Å². The molecule has 1 fully saturated rings. The second-order valence-electron chi connectivity index (χ2n) is 8.54. The first-order chi connectivity index (χ1) is 14.6. The van der Waals surface area contributed by atoms with Crippen molar-refractivity contribution in [2.75, 3.05) is 10.2 Å². The second-order valence-corrected chi connectivity index (χ2v) is 9.41. The lowest BCUT2D eigenvalue weighted by Gasteiger charge is -2.36. The second kappa shape index (κ2) is 6.34. The summed E-state index contributed by atoms with van der Waals surface area (Å²) in [7, 11) is 0. The van der Waals surface area contributed by atoms with Crippen LogP contribution in [0.5, 0.6) is 0 Å². The van der Waals surface area contributed by atoms with Crippen molar-refractivity contribution in [1.82, 2.24) is 0 Å². The number of anilines is 2. The van der Waals surface area contributed by atoms with Crippen LogP contribution in [-0.4, -0.2) is 22.7 Å². The maximum atomic E-state index is 13.6. The first kappa shape index (κ1) is 20.1. The topological polar surface area (TPSA) is 86.7 Å². The van der Waals surface area contributed by atoms with Crippen LogP contribution in [0, 0.1) is 12.3 Å². The zero-order valence-corrected chi connectivity index (χ0v) is 18.3. The molecule has 2 heterocycles. The number of hydrogen-bond acceptors (Lipinski definition) is 4. The Morgan fingerprint density at radius 3 is 2.42 bits per heavy atom. The van der Waals surface area contributed by atoms with Gasteiger partial charge in [0.25, 0.3) is 11.8 Å². The summed E-state index contributed by atoms with van der Waals surface area (Å²) < 4.78 is 0. The minimum Gasteiger partial charge on any atom is -0.503 e. The summed E-state index contributed by atoms with van der Waals surface area (Å²) >= 11 is 12.3. The Morgan fingerprint density at radius 2 is 1.74 bits per heavy atom. The Kier molecular flexibility index (Phi) is 4.11. The van der Waals surface area contributed by atoms with E-state index in [1.807, 2.05) is 0 Å². The molecule has 3 aliphatic rings. The number of Topliss-reactive ketones (excluding diaryl/α,β-unsaturated/α-hetero) is 1. The van der Waals surface area contributed by atoms with Crippen molar-refractivity contribution in [1.29, 1.82) is 0 Å². The van der Waals surface area contributed by atoms with Crippen LogP contribution in [0.15, 0.2) is 47.7 Å². The van der Waals surface area contributed by atoms with Crippen molar-refractivity contribution >= 4 is 52.2 Å². The van der Waals surface area contributed by atoms with Crippen LogP contribution in [0.2, 0.25) is 10.0 Å². The molecule has 0 bridgehead atoms. The molecule has 1 spiro atoms. The summed E-state index contributed by atoms with van der Waals surface area (Å²) in [6, 6.07) is 9.70. The minimum atomic E-state index is -1.85. The van der Waals surface area contributed by atoms with E-state index in [0.29, 0.717) is 45.4 Å². The third-order valence-electron chi connectivity index (χ3n) is 6.48. The molecule has 0 aromatic heterocycles. The summed E-state index contributed by atoms with van der Waals surface area (Å²) in [5.41, 5.74) is -1.00. The largest absolute Gasteiger partial charge is 0.503 e. The van der Waals surface area contributed by atoms with Crippen molar-refractivity contribution in [2.45, 2.75) is 32.2 Å². The molecule has 2 N–H and O–H groups in total. The van der Waals surface area contributed by atoms with E-state index in [9.17, 15) is 19.5 Å². The molecule has 1 aliphatic carbocycles. The van der Waals surface area contributed by atoms with E-state index in [1.54, 1.807) is 50.2 Å². The summed E-state index contributed by atoms with van der Waals surface area (Å²) in [5, 5.41) is 14.5. The van der Waals surface area contributed by atoms with E-state index in [2.05, 4.69) is 5.32 Å². The van der Waals surface area contributed by atoms with Gasteiger partial charge in [-0.3, -0.25) is 19.3 Å². The van der Waals surface area contributed by atoms with E-state index < -0.39 is 34.3 Å². The van der Waals surface area contributed by atoms with Gasteiger partial charge in [0, 0.05) is 26.7 Å². The van der Waals surface area contributed by atoms with E-state index >= 15 is 0 Å². The van der Waals surface area contributed by atoms with Gasteiger partial charge in [0.2, 0.25) is 0 Å². The number of ketones is 1. The Balaban J connectivity index is 1.86. The van der Waals surface area contributed by atoms with E-state index in [4.69, 9.17) is 23.2 Å². The van der Waals surface area contributed by atoms with Crippen molar-refractivity contribution in [3.05, 3.63) is 68.9 Å². The number of aliphatic hydroxyl groups excluding tert-OH is 1. The molecule has 1 unspecified atom stereocenters. The molecule has 2 aromatic rings. The zero-order valence-electron chi connectivity index (χ0n) is 16.8. The lowest BCUT2D eigenvalue weighted by atomic mass is 9.78. The molecule has 2 aliphatic heterocycles. The maximum absolute atomic E-state index is 13.6. The van der Waals surface area contributed by atoms with Gasteiger partial charge in [-0.1, -0.05) is 42.3 Å². The highest BCUT2D eigenvalue weighted by molar-refractivity contribution is 6.33. The number of aliphatic hydroxyl groups is 1. The minimum absolute atomic E-state index is 0.199. The fourth-order valence-electron chi connectivity index (χ4n) is 4.49. The van der Waals surface area contributed by atoms with Gasteiger partial charge in [0.15, 0.2) is 17.1 Å². The molecular weight excluding hydrogens is 439 g/mol. The van der Waals surface area contributed by atoms with Gasteiger partial charge < -0.3 is 10.4 Å². The van der Waals surface area contributed by atoms with Gasteiger partial charge in [-0.2, -0.15) is 0 Å². The number of benzene rings is 2. The fraction of sp³-hybridized carbons (Fsp3) is 0.261. The number of hydrogen-bond donors (Lipinski definition) is 2. The lowest BCUT2D eigenvalue weighted by Crippen LogP contribution is -2.53. The predicted octanol–water partition coefficient (Wildman–Crippen LogP) is 4.68. The first-order valence-electron chi connectivity index (χ1n) is 9.82. The molecule has 6 nitrogen and oxygen atoms in total. The third kappa shape index (κ3) is 2.55. The van der Waals surface area contributed by atoms with Crippen LogP contribution < -0.4 is 10.2 Å². The van der Waals surface area contributed by atoms with Crippen LogP contribution in [0.1, 0.15) is 30.9 Å². The highest BCUT2D eigenvalue weighted by atomic mass is 35.5. The van der Waals surface area contributed by atoms with Crippen molar-refractivity contribution < 1.29 is 19.5 Å². The van der Waals surface area contributed by atoms with E-state index in [0.717, 1.165) is 0 Å². The summed E-state index contributed by atoms with van der Waals surface area (Å²) in [6.07, 6.45) is 1.25. The van der Waals surface area contributed by atoms with Gasteiger partial charge in [0.1, 0.15) is 0 Å². The number of aryl methyl sites for hydroxylation is 1. The van der Waals surface area contributed by atoms with Crippen LogP contribution in [0.3, 0.4) is 0 Å². The summed E-state index contributed by atoms with van der Waals surface area (Å²) in [5.74, 6) is -2.54. The molecular formula is C23H18Cl2N2O4. The Labute approximate surface area is 188 Å². The lowest BCUT2D eigenvalue weighted by molar-refractivity contribution is -0.125. The third-order valence-corrected chi connectivity index (χ3v) is 6.95. The molecule has 158 valence electrons. The van der Waals surface area contributed by atoms with Crippen molar-refractivity contribution in [2.24, 2.45) is 5.41 Å². The Bertz CT molecular complexity index is 1250. The highest BCUT2D eigenvalue weighted by Gasteiger charge is 2.67. The van der Waals surface area contributed by atoms with Gasteiger partial charge in [-0.25, -0.2) is 0 Å². The average Bonchev–Trinajstić information content (AvgIpc) is 3.35. The maximum Gasteiger partial charge on any atom is 0.295 e. The fourth-order valence-corrected chi connectivity index (χ4v) is 4.83. The Morgan fingerprint density at radius 1 is 1.10 bits per heavy atom. The number of nitrogens with one attached hydrogen (secondary N) is 1. The van der Waals surface area contributed by atoms with Crippen molar-refractivity contribution in [3.63, 3.8) is 0 Å². The van der Waals surface area contributed by atoms with Crippen molar-refractivity contribution in [3.8, 4) is 0 Å². The summed E-state index contributed by atoms with van der Waals surface area (Å²) in [4.78, 5) is 41.8.